The molecular weight excluding hydrogens is 262 g/mol. The van der Waals surface area contributed by atoms with Gasteiger partial charge < -0.3 is 0 Å². The van der Waals surface area contributed by atoms with Crippen LogP contribution in [-0.2, 0) is 5.41 Å². The van der Waals surface area contributed by atoms with Crippen LogP contribution in [0.4, 0.5) is 0 Å². The molecule has 14 heavy (non-hydrogen) atoms. The maximum atomic E-state index is 6.01. The Balaban J connectivity index is 2.44. The Bertz CT molecular complexity index is 365. The maximum Gasteiger partial charge on any atom is 0.132 e. The number of rotatable bonds is 1. The second kappa shape index (κ2) is 3.18. The zero-order valence-electron chi connectivity index (χ0n) is 7.32. The predicted molar refractivity (Wildman–Crippen MR) is 62.6 cm³/mol. The summed E-state index contributed by atoms with van der Waals surface area (Å²) in [6.45, 7) is 1.95. The van der Waals surface area contributed by atoms with Gasteiger partial charge in [-0.2, -0.15) is 0 Å². The highest BCUT2D eigenvalue weighted by Crippen LogP contribution is 2.63. The van der Waals surface area contributed by atoms with E-state index in [0.29, 0.717) is 10.0 Å². The predicted octanol–water partition coefficient (Wildman–Crippen LogP) is 4.64. The van der Waals surface area contributed by atoms with Gasteiger partial charge in [0.15, 0.2) is 0 Å². The van der Waals surface area contributed by atoms with Crippen LogP contribution in [0.3, 0.4) is 0 Å². The second-order valence-corrected chi connectivity index (χ2v) is 5.89. The van der Waals surface area contributed by atoms with E-state index in [4.69, 9.17) is 46.4 Å². The normalized spacial score (nSPS) is 28.9. The molecular formula is C10H7Cl4. The van der Waals surface area contributed by atoms with Crippen molar-refractivity contribution in [1.82, 2.24) is 0 Å². The molecule has 0 heterocycles. The molecule has 75 valence electrons. The van der Waals surface area contributed by atoms with Gasteiger partial charge in [-0.3, -0.25) is 0 Å². The molecule has 1 aromatic carbocycles. The van der Waals surface area contributed by atoms with Gasteiger partial charge in [0.05, 0.1) is 0 Å². The van der Waals surface area contributed by atoms with Gasteiger partial charge in [0.2, 0.25) is 0 Å². The lowest BCUT2D eigenvalue weighted by Gasteiger charge is -2.12. The number of halogens is 4. The van der Waals surface area contributed by atoms with E-state index in [1.54, 1.807) is 6.07 Å². The highest BCUT2D eigenvalue weighted by atomic mass is 35.5. The zero-order chi connectivity index (χ0) is 10.6. The molecule has 0 nitrogen and oxygen atoms in total. The Morgan fingerprint density at radius 1 is 1.00 bits per heavy atom. The lowest BCUT2D eigenvalue weighted by Crippen LogP contribution is -2.09. The molecule has 1 aromatic rings. The van der Waals surface area contributed by atoms with Crippen LogP contribution in [0.15, 0.2) is 18.2 Å². The first kappa shape index (κ1) is 10.9. The van der Waals surface area contributed by atoms with Crippen molar-refractivity contribution in [3.63, 3.8) is 0 Å². The molecule has 0 amide bonds. The van der Waals surface area contributed by atoms with Crippen LogP contribution < -0.4 is 0 Å². The highest BCUT2D eigenvalue weighted by Gasteiger charge is 2.64. The standard InChI is InChI=1S/C10H7Cl4/c1-9(5-10(9,13)14)6-2-7(11)4-8(12)3-6/h2-5H,1H3. The summed E-state index contributed by atoms with van der Waals surface area (Å²) in [7, 11) is 0. The molecule has 1 radical (unpaired) electrons. The molecule has 2 rings (SSSR count). The Morgan fingerprint density at radius 3 is 1.79 bits per heavy atom. The van der Waals surface area contributed by atoms with Crippen LogP contribution in [0.5, 0.6) is 0 Å². The maximum absolute atomic E-state index is 6.01. The van der Waals surface area contributed by atoms with E-state index < -0.39 is 4.33 Å². The third-order valence-electron chi connectivity index (χ3n) is 2.54. The van der Waals surface area contributed by atoms with Gasteiger partial charge in [0, 0.05) is 21.9 Å². The first-order valence-electron chi connectivity index (χ1n) is 4.07. The van der Waals surface area contributed by atoms with E-state index in [2.05, 4.69) is 0 Å². The van der Waals surface area contributed by atoms with Gasteiger partial charge in [-0.15, -0.1) is 23.2 Å². The average Bonchev–Trinajstić information content (AvgIpc) is 2.50. The van der Waals surface area contributed by atoms with Gasteiger partial charge in [-0.25, -0.2) is 0 Å². The Labute approximate surface area is 103 Å². The van der Waals surface area contributed by atoms with E-state index >= 15 is 0 Å². The van der Waals surface area contributed by atoms with Gasteiger partial charge in [-0.05, 0) is 23.8 Å². The lowest BCUT2D eigenvalue weighted by molar-refractivity contribution is 0.799. The minimum atomic E-state index is -0.805. The third kappa shape index (κ3) is 1.63. The van der Waals surface area contributed by atoms with Crippen molar-refractivity contribution in [3.8, 4) is 0 Å². The summed E-state index contributed by atoms with van der Waals surface area (Å²) in [6.07, 6.45) is 1.85. The molecule has 1 aliphatic rings. The van der Waals surface area contributed by atoms with Crippen molar-refractivity contribution in [2.45, 2.75) is 16.7 Å². The molecule has 1 saturated carbocycles. The summed E-state index contributed by atoms with van der Waals surface area (Å²) in [5.41, 5.74) is 0.602. The Hall–Kier alpha value is 0.380. The van der Waals surface area contributed by atoms with E-state index in [0.717, 1.165) is 5.56 Å². The lowest BCUT2D eigenvalue weighted by atomic mass is 9.98. The van der Waals surface area contributed by atoms with Crippen LogP contribution >= 0.6 is 46.4 Å². The molecule has 0 aromatic heterocycles. The van der Waals surface area contributed by atoms with E-state index in [9.17, 15) is 0 Å². The SMILES string of the molecule is CC1(c2cc(Cl)cc(Cl)c2)[CH]C1(Cl)Cl. The van der Waals surface area contributed by atoms with Crippen LogP contribution in [0.25, 0.3) is 0 Å². The van der Waals surface area contributed by atoms with Gasteiger partial charge in [0.1, 0.15) is 4.33 Å². The quantitative estimate of drug-likeness (QED) is 0.651. The van der Waals surface area contributed by atoms with Crippen molar-refractivity contribution in [1.29, 1.82) is 0 Å². The van der Waals surface area contributed by atoms with Crippen LogP contribution in [0.1, 0.15) is 12.5 Å². The molecule has 0 saturated heterocycles. The summed E-state index contributed by atoms with van der Waals surface area (Å²) in [6, 6.07) is 5.34. The molecule has 4 heteroatoms. The fourth-order valence-corrected chi connectivity index (χ4v) is 2.64. The fraction of sp³-hybridized carbons (Fsp3) is 0.300. The van der Waals surface area contributed by atoms with E-state index in [1.807, 2.05) is 25.5 Å². The first-order valence-corrected chi connectivity index (χ1v) is 5.58. The van der Waals surface area contributed by atoms with E-state index in [-0.39, 0.29) is 5.41 Å². The number of hydrogen-bond acceptors (Lipinski definition) is 0. The number of alkyl halides is 2. The number of hydrogen-bond donors (Lipinski definition) is 0. The molecule has 1 aliphatic carbocycles. The fourth-order valence-electron chi connectivity index (χ4n) is 1.46. The Morgan fingerprint density at radius 2 is 1.43 bits per heavy atom. The molecule has 0 N–H and O–H groups in total. The monoisotopic (exact) mass is 267 g/mol. The molecule has 0 spiro atoms. The van der Waals surface area contributed by atoms with Crippen molar-refractivity contribution in [2.75, 3.05) is 0 Å². The van der Waals surface area contributed by atoms with Crippen molar-refractivity contribution in [2.24, 2.45) is 0 Å². The van der Waals surface area contributed by atoms with Crippen molar-refractivity contribution in [3.05, 3.63) is 40.2 Å². The zero-order valence-corrected chi connectivity index (χ0v) is 10.3. The first-order chi connectivity index (χ1) is 6.35. The summed E-state index contributed by atoms with van der Waals surface area (Å²) in [5.74, 6) is 0. The van der Waals surface area contributed by atoms with Gasteiger partial charge in [-0.1, -0.05) is 30.1 Å². The summed E-state index contributed by atoms with van der Waals surface area (Å²) < 4.78 is -0.805. The van der Waals surface area contributed by atoms with Gasteiger partial charge in [0.25, 0.3) is 0 Å². The molecule has 0 bridgehead atoms. The molecule has 1 atom stereocenters. The smallest absolute Gasteiger partial charge is 0.100 e. The van der Waals surface area contributed by atoms with Crippen molar-refractivity contribution >= 4 is 46.4 Å². The third-order valence-corrected chi connectivity index (χ3v) is 3.98. The van der Waals surface area contributed by atoms with Crippen LogP contribution in [0.2, 0.25) is 10.0 Å². The minimum absolute atomic E-state index is 0.343. The van der Waals surface area contributed by atoms with Crippen LogP contribution in [0, 0.1) is 6.42 Å². The molecule has 1 fully saturated rings. The van der Waals surface area contributed by atoms with Gasteiger partial charge >= 0.3 is 0 Å². The largest absolute Gasteiger partial charge is 0.132 e. The average molecular weight is 269 g/mol. The summed E-state index contributed by atoms with van der Waals surface area (Å²) in [4.78, 5) is 0. The molecule has 1 unspecified atom stereocenters. The summed E-state index contributed by atoms with van der Waals surface area (Å²) >= 11 is 23.8. The highest BCUT2D eigenvalue weighted by molar-refractivity contribution is 6.54. The summed E-state index contributed by atoms with van der Waals surface area (Å²) in [5, 5.41) is 1.19. The molecule has 0 aliphatic heterocycles. The van der Waals surface area contributed by atoms with Crippen LogP contribution in [-0.4, -0.2) is 4.33 Å². The minimum Gasteiger partial charge on any atom is -0.100 e. The topological polar surface area (TPSA) is 0 Å². The Kier molecular flexibility index (Phi) is 2.47. The number of benzene rings is 1. The van der Waals surface area contributed by atoms with Crippen molar-refractivity contribution < 1.29 is 0 Å². The van der Waals surface area contributed by atoms with E-state index in [1.165, 1.54) is 0 Å². The second-order valence-electron chi connectivity index (χ2n) is 3.63.